The molecule has 1 aliphatic heterocycles. The molecule has 1 unspecified atom stereocenters. The Balaban J connectivity index is 2.73. The molecule has 1 aliphatic rings. The normalized spacial score (nSPS) is 24.3. The molecule has 0 radical (unpaired) electrons. The fourth-order valence-corrected chi connectivity index (χ4v) is 1.95. The molecule has 1 heterocycles. The minimum atomic E-state index is -1.04. The highest BCUT2D eigenvalue weighted by Gasteiger charge is 2.37. The highest BCUT2D eigenvalue weighted by molar-refractivity contribution is 14.1. The van der Waals surface area contributed by atoms with Crippen LogP contribution in [-0.2, 0) is 4.74 Å². The average molecular weight is 418 g/mol. The molecule has 1 rings (SSSR count). The Hall–Kier alpha value is -0.510. The topological polar surface area (TPSA) is 79.5 Å². The fraction of sp³-hybridized carbons (Fsp3) is 0.556. The molecule has 3 amide bonds. The van der Waals surface area contributed by atoms with Crippen LogP contribution in [0.25, 0.3) is 0 Å². The molecule has 0 fully saturated rings. The second kappa shape index (κ2) is 5.01. The lowest BCUT2D eigenvalue weighted by Gasteiger charge is -2.33. The summed E-state index contributed by atoms with van der Waals surface area (Å²) in [6, 6.07) is -0.404. The van der Waals surface area contributed by atoms with Crippen LogP contribution in [-0.4, -0.2) is 21.4 Å². The van der Waals surface area contributed by atoms with E-state index >= 15 is 0 Å². The number of halogens is 2. The van der Waals surface area contributed by atoms with E-state index in [1.165, 1.54) is 6.20 Å². The number of rotatable bonds is 1. The maximum atomic E-state index is 11.6. The van der Waals surface area contributed by atoms with Crippen LogP contribution in [0.15, 0.2) is 10.7 Å². The van der Waals surface area contributed by atoms with Gasteiger partial charge in [0.1, 0.15) is 5.60 Å². The lowest BCUT2D eigenvalue weighted by atomic mass is 10.2. The van der Waals surface area contributed by atoms with Crippen LogP contribution in [0.2, 0.25) is 0 Å². The molecule has 0 saturated carbocycles. The SMILES string of the molecule is CC(C)(C)OC(=O)NC1(I)NC(=O)NC=C1Br. The van der Waals surface area contributed by atoms with Crippen molar-refractivity contribution in [2.24, 2.45) is 0 Å². The Morgan fingerprint density at radius 1 is 1.59 bits per heavy atom. The Kier molecular flexibility index (Phi) is 4.28. The van der Waals surface area contributed by atoms with Gasteiger partial charge >= 0.3 is 12.1 Å². The molecule has 6 nitrogen and oxygen atoms in total. The molecule has 8 heteroatoms. The molecule has 0 aromatic carbocycles. The van der Waals surface area contributed by atoms with E-state index < -0.39 is 21.4 Å². The van der Waals surface area contributed by atoms with Gasteiger partial charge in [-0.15, -0.1) is 0 Å². The van der Waals surface area contributed by atoms with E-state index in [1.807, 2.05) is 22.6 Å². The first kappa shape index (κ1) is 14.6. The van der Waals surface area contributed by atoms with E-state index in [-0.39, 0.29) is 0 Å². The molecule has 17 heavy (non-hydrogen) atoms. The standard InChI is InChI=1S/C9H13BrIN3O3/c1-8(2,3)17-7(16)14-9(11)5(10)4-12-6(15)13-9/h4H,1-3H3,(H,14,16)(H2,12,13,15). The van der Waals surface area contributed by atoms with E-state index in [0.717, 1.165) is 0 Å². The van der Waals surface area contributed by atoms with E-state index in [1.54, 1.807) is 20.8 Å². The van der Waals surface area contributed by atoms with E-state index in [2.05, 4.69) is 31.9 Å². The van der Waals surface area contributed by atoms with Crippen LogP contribution in [0.3, 0.4) is 0 Å². The number of carbonyl (C=O) groups excluding carboxylic acids is 2. The van der Waals surface area contributed by atoms with Gasteiger partial charge in [-0.2, -0.15) is 0 Å². The average Bonchev–Trinajstić information content (AvgIpc) is 2.08. The van der Waals surface area contributed by atoms with Crippen molar-refractivity contribution in [3.8, 4) is 0 Å². The van der Waals surface area contributed by atoms with E-state index in [9.17, 15) is 9.59 Å². The second-order valence-electron chi connectivity index (χ2n) is 4.38. The van der Waals surface area contributed by atoms with E-state index in [4.69, 9.17) is 4.74 Å². The Bertz CT molecular complexity index is 380. The van der Waals surface area contributed by atoms with Crippen LogP contribution < -0.4 is 16.0 Å². The first-order chi connectivity index (χ1) is 7.62. The highest BCUT2D eigenvalue weighted by atomic mass is 127. The summed E-state index contributed by atoms with van der Waals surface area (Å²) in [5.41, 5.74) is -0.593. The number of carbonyl (C=O) groups is 2. The summed E-state index contributed by atoms with van der Waals surface area (Å²) in [5.74, 6) is 0. The molecule has 0 aliphatic carbocycles. The molecular formula is C9H13BrIN3O3. The Morgan fingerprint density at radius 2 is 2.18 bits per heavy atom. The van der Waals surface area contributed by atoms with Gasteiger partial charge in [0, 0.05) is 6.20 Å². The third-order valence-electron chi connectivity index (χ3n) is 1.62. The van der Waals surface area contributed by atoms with Gasteiger partial charge in [-0.3, -0.25) is 5.32 Å². The third-order valence-corrected chi connectivity index (χ3v) is 4.30. The highest BCUT2D eigenvalue weighted by Crippen LogP contribution is 2.29. The van der Waals surface area contributed by atoms with Crippen molar-refractivity contribution < 1.29 is 14.3 Å². The quantitative estimate of drug-likeness (QED) is 0.347. The molecule has 0 aromatic heterocycles. The van der Waals surface area contributed by atoms with Gasteiger partial charge in [-0.05, 0) is 59.3 Å². The number of amides is 3. The zero-order valence-electron chi connectivity index (χ0n) is 9.56. The van der Waals surface area contributed by atoms with Crippen LogP contribution in [0.1, 0.15) is 20.8 Å². The monoisotopic (exact) mass is 417 g/mol. The van der Waals surface area contributed by atoms with Crippen molar-refractivity contribution in [3.63, 3.8) is 0 Å². The molecule has 1 atom stereocenters. The largest absolute Gasteiger partial charge is 0.444 e. The van der Waals surface area contributed by atoms with Crippen LogP contribution in [0.5, 0.6) is 0 Å². The first-order valence-electron chi connectivity index (χ1n) is 4.77. The fourth-order valence-electron chi connectivity index (χ4n) is 1.02. The molecule has 0 bridgehead atoms. The predicted molar refractivity (Wildman–Crippen MR) is 74.8 cm³/mol. The van der Waals surface area contributed by atoms with Crippen molar-refractivity contribution in [1.82, 2.24) is 16.0 Å². The number of alkyl halides is 1. The van der Waals surface area contributed by atoms with Gasteiger partial charge in [0.2, 0.25) is 3.67 Å². The third kappa shape index (κ3) is 4.34. The summed E-state index contributed by atoms with van der Waals surface area (Å²) in [4.78, 5) is 22.8. The summed E-state index contributed by atoms with van der Waals surface area (Å²) in [7, 11) is 0. The van der Waals surface area contributed by atoms with Gasteiger partial charge in [0.15, 0.2) is 0 Å². The second-order valence-corrected chi connectivity index (χ2v) is 6.85. The van der Waals surface area contributed by atoms with Crippen molar-refractivity contribution in [1.29, 1.82) is 0 Å². The maximum absolute atomic E-state index is 11.6. The van der Waals surface area contributed by atoms with Crippen LogP contribution >= 0.6 is 38.5 Å². The van der Waals surface area contributed by atoms with Crippen molar-refractivity contribution in [3.05, 3.63) is 10.7 Å². The van der Waals surface area contributed by atoms with Gasteiger partial charge in [0.05, 0.1) is 4.48 Å². The molecule has 0 spiro atoms. The van der Waals surface area contributed by atoms with Crippen LogP contribution in [0.4, 0.5) is 9.59 Å². The lowest BCUT2D eigenvalue weighted by molar-refractivity contribution is 0.0504. The van der Waals surface area contributed by atoms with Crippen LogP contribution in [0, 0.1) is 0 Å². The Morgan fingerprint density at radius 3 is 2.71 bits per heavy atom. The number of urea groups is 1. The van der Waals surface area contributed by atoms with Gasteiger partial charge in [0.25, 0.3) is 0 Å². The smallest absolute Gasteiger partial charge is 0.410 e. The number of nitrogens with one attached hydrogen (secondary N) is 3. The van der Waals surface area contributed by atoms with Crippen molar-refractivity contribution in [2.45, 2.75) is 30.0 Å². The Labute approximate surface area is 121 Å². The first-order valence-corrected chi connectivity index (χ1v) is 6.64. The summed E-state index contributed by atoms with van der Waals surface area (Å²) in [5, 5.41) is 7.59. The minimum absolute atomic E-state index is 0.404. The van der Waals surface area contributed by atoms with Gasteiger partial charge < -0.3 is 15.4 Å². The summed E-state index contributed by atoms with van der Waals surface area (Å²) < 4.78 is 4.66. The molecular weight excluding hydrogens is 405 g/mol. The summed E-state index contributed by atoms with van der Waals surface area (Å²) in [6.07, 6.45) is 0.849. The van der Waals surface area contributed by atoms with E-state index in [0.29, 0.717) is 4.48 Å². The number of alkyl carbamates (subject to hydrolysis) is 1. The molecule has 3 N–H and O–H groups in total. The molecule has 0 saturated heterocycles. The zero-order valence-corrected chi connectivity index (χ0v) is 13.3. The molecule has 0 aromatic rings. The summed E-state index contributed by atoms with van der Waals surface area (Å²) >= 11 is 5.15. The summed E-state index contributed by atoms with van der Waals surface area (Å²) in [6.45, 7) is 5.29. The predicted octanol–water partition coefficient (Wildman–Crippen LogP) is 2.15. The van der Waals surface area contributed by atoms with Crippen molar-refractivity contribution in [2.75, 3.05) is 0 Å². The zero-order chi connectivity index (χ0) is 13.3. The number of ether oxygens (including phenoxy) is 1. The number of hydrogen-bond acceptors (Lipinski definition) is 3. The van der Waals surface area contributed by atoms with Crippen molar-refractivity contribution >= 4 is 50.6 Å². The van der Waals surface area contributed by atoms with Gasteiger partial charge in [-0.25, -0.2) is 9.59 Å². The molecule has 96 valence electrons. The maximum Gasteiger partial charge on any atom is 0.410 e. The minimum Gasteiger partial charge on any atom is -0.444 e. The number of hydrogen-bond donors (Lipinski definition) is 3. The lowest BCUT2D eigenvalue weighted by Crippen LogP contribution is -2.61. The van der Waals surface area contributed by atoms with Gasteiger partial charge in [-0.1, -0.05) is 0 Å².